The van der Waals surface area contributed by atoms with Gasteiger partial charge in [-0.3, -0.25) is 9.78 Å². The minimum absolute atomic E-state index is 0.00751. The first kappa shape index (κ1) is 14.5. The van der Waals surface area contributed by atoms with Crippen molar-refractivity contribution in [1.82, 2.24) is 9.88 Å². The van der Waals surface area contributed by atoms with Crippen molar-refractivity contribution in [2.45, 2.75) is 25.9 Å². The Labute approximate surface area is 131 Å². The monoisotopic (exact) mass is 292 g/mol. The van der Waals surface area contributed by atoms with Crippen LogP contribution in [0.1, 0.15) is 37.2 Å². The molecule has 22 heavy (non-hydrogen) atoms. The first-order chi connectivity index (χ1) is 10.7. The maximum absolute atomic E-state index is 12.5. The van der Waals surface area contributed by atoms with E-state index in [1.165, 1.54) is 0 Å². The summed E-state index contributed by atoms with van der Waals surface area (Å²) in [4.78, 5) is 19.0. The van der Waals surface area contributed by atoms with Crippen molar-refractivity contribution in [2.24, 2.45) is 5.92 Å². The van der Waals surface area contributed by atoms with Crippen LogP contribution in [0.15, 0.2) is 66.9 Å². The van der Waals surface area contributed by atoms with E-state index in [1.54, 1.807) is 12.3 Å². The van der Waals surface area contributed by atoms with Gasteiger partial charge in [-0.1, -0.05) is 49.4 Å². The second kappa shape index (κ2) is 6.14. The van der Waals surface area contributed by atoms with Gasteiger partial charge < -0.3 is 4.90 Å². The predicted molar refractivity (Wildman–Crippen MR) is 87.0 cm³/mol. The third kappa shape index (κ3) is 2.67. The molecule has 1 aliphatic heterocycles. The largest absolute Gasteiger partial charge is 0.323 e. The van der Waals surface area contributed by atoms with E-state index in [0.717, 1.165) is 11.3 Å². The van der Waals surface area contributed by atoms with E-state index < -0.39 is 0 Å². The lowest BCUT2D eigenvalue weighted by atomic mass is 9.90. The Balaban J connectivity index is 2.02. The van der Waals surface area contributed by atoms with Gasteiger partial charge in [0.25, 0.3) is 0 Å². The summed E-state index contributed by atoms with van der Waals surface area (Å²) < 4.78 is 0. The van der Waals surface area contributed by atoms with E-state index in [9.17, 15) is 4.79 Å². The van der Waals surface area contributed by atoms with Gasteiger partial charge in [0.1, 0.15) is 0 Å². The van der Waals surface area contributed by atoms with Crippen molar-refractivity contribution >= 4 is 5.91 Å². The smallest absolute Gasteiger partial charge is 0.247 e. The fourth-order valence-corrected chi connectivity index (χ4v) is 3.10. The number of hydrogen-bond acceptors (Lipinski definition) is 2. The molecular weight excluding hydrogens is 272 g/mol. The summed E-state index contributed by atoms with van der Waals surface area (Å²) in [5, 5.41) is 0. The van der Waals surface area contributed by atoms with E-state index in [2.05, 4.69) is 31.0 Å². The molecule has 1 aromatic heterocycles. The van der Waals surface area contributed by atoms with E-state index >= 15 is 0 Å². The highest BCUT2D eigenvalue weighted by Crippen LogP contribution is 2.37. The quantitative estimate of drug-likeness (QED) is 0.859. The van der Waals surface area contributed by atoms with Crippen molar-refractivity contribution in [3.05, 3.63) is 78.1 Å². The molecule has 112 valence electrons. The second-order valence-electron chi connectivity index (χ2n) is 5.75. The molecular formula is C19H20N2O. The minimum atomic E-state index is -0.0334. The number of rotatable bonds is 3. The van der Waals surface area contributed by atoms with Crippen LogP contribution in [0, 0.1) is 5.92 Å². The Hall–Kier alpha value is -2.42. The highest BCUT2D eigenvalue weighted by Gasteiger charge is 2.35. The third-order valence-corrected chi connectivity index (χ3v) is 4.28. The van der Waals surface area contributed by atoms with Crippen molar-refractivity contribution in [1.29, 1.82) is 0 Å². The fraction of sp³-hybridized carbons (Fsp3) is 0.263. The molecule has 2 aromatic rings. The van der Waals surface area contributed by atoms with Crippen LogP contribution in [-0.2, 0) is 4.79 Å². The van der Waals surface area contributed by atoms with E-state index in [4.69, 9.17) is 0 Å². The maximum Gasteiger partial charge on any atom is 0.247 e. The van der Waals surface area contributed by atoms with Crippen molar-refractivity contribution in [3.63, 3.8) is 0 Å². The number of carbonyl (C=O) groups is 1. The number of hydrogen-bond donors (Lipinski definition) is 0. The lowest BCUT2D eigenvalue weighted by molar-refractivity contribution is -0.133. The van der Waals surface area contributed by atoms with Crippen LogP contribution < -0.4 is 0 Å². The van der Waals surface area contributed by atoms with E-state index in [0.29, 0.717) is 0 Å². The standard InChI is InChI=1S/C19H20N2O/c1-14-11-12-18(22)21(15(2)16-8-4-3-5-9-16)19(14)17-10-6-7-13-20-17/h3-15,19H,1-2H3/t14-,15+,19-/m0/s1. The second-order valence-corrected chi connectivity index (χ2v) is 5.75. The molecule has 3 rings (SSSR count). The molecule has 1 aliphatic rings. The maximum atomic E-state index is 12.5. The van der Waals surface area contributed by atoms with Gasteiger partial charge in [-0.15, -0.1) is 0 Å². The van der Waals surface area contributed by atoms with Crippen LogP contribution in [0.3, 0.4) is 0 Å². The molecule has 3 nitrogen and oxygen atoms in total. The number of aromatic nitrogens is 1. The van der Waals surface area contributed by atoms with Crippen molar-refractivity contribution in [2.75, 3.05) is 0 Å². The Morgan fingerprint density at radius 2 is 1.82 bits per heavy atom. The van der Waals surface area contributed by atoms with Crippen molar-refractivity contribution in [3.8, 4) is 0 Å². The molecule has 2 heterocycles. The molecule has 1 amide bonds. The van der Waals surface area contributed by atoms with Crippen molar-refractivity contribution < 1.29 is 4.79 Å². The number of pyridine rings is 1. The fourth-order valence-electron chi connectivity index (χ4n) is 3.10. The van der Waals surface area contributed by atoms with Gasteiger partial charge in [-0.2, -0.15) is 0 Å². The molecule has 0 spiro atoms. The summed E-state index contributed by atoms with van der Waals surface area (Å²) >= 11 is 0. The van der Waals surface area contributed by atoms with Crippen LogP contribution in [-0.4, -0.2) is 15.8 Å². The molecule has 0 aliphatic carbocycles. The molecule has 1 aromatic carbocycles. The Morgan fingerprint density at radius 3 is 2.50 bits per heavy atom. The SMILES string of the molecule is C[C@H](c1ccccc1)N1C(=O)C=C[C@H](C)[C@H]1c1ccccn1. The zero-order chi connectivity index (χ0) is 15.5. The molecule has 0 unspecified atom stereocenters. The molecule has 0 saturated carbocycles. The first-order valence-electron chi connectivity index (χ1n) is 7.65. The topological polar surface area (TPSA) is 33.2 Å². The number of nitrogens with zero attached hydrogens (tertiary/aromatic N) is 2. The first-order valence-corrected chi connectivity index (χ1v) is 7.65. The lowest BCUT2D eigenvalue weighted by Gasteiger charge is -2.40. The lowest BCUT2D eigenvalue weighted by Crippen LogP contribution is -2.41. The Kier molecular flexibility index (Phi) is 4.05. The molecule has 3 atom stereocenters. The van der Waals surface area contributed by atoms with Gasteiger partial charge in [-0.05, 0) is 30.7 Å². The molecule has 3 heteroatoms. The van der Waals surface area contributed by atoms with Crippen LogP contribution in [0.5, 0.6) is 0 Å². The van der Waals surface area contributed by atoms with Gasteiger partial charge in [0, 0.05) is 12.1 Å². The zero-order valence-electron chi connectivity index (χ0n) is 12.9. The molecule has 0 N–H and O–H groups in total. The highest BCUT2D eigenvalue weighted by molar-refractivity contribution is 5.89. The molecule has 0 bridgehead atoms. The Bertz CT molecular complexity index is 666. The highest BCUT2D eigenvalue weighted by atomic mass is 16.2. The van der Waals surface area contributed by atoms with Crippen LogP contribution in [0.4, 0.5) is 0 Å². The summed E-state index contributed by atoms with van der Waals surface area (Å²) in [6, 6.07) is 16.0. The van der Waals surface area contributed by atoms with Gasteiger partial charge >= 0.3 is 0 Å². The van der Waals surface area contributed by atoms with Gasteiger partial charge in [-0.25, -0.2) is 0 Å². The van der Waals surface area contributed by atoms with E-state index in [-0.39, 0.29) is 23.9 Å². The van der Waals surface area contributed by atoms with Crippen LogP contribution >= 0.6 is 0 Å². The minimum Gasteiger partial charge on any atom is -0.323 e. The van der Waals surface area contributed by atoms with Crippen LogP contribution in [0.2, 0.25) is 0 Å². The average Bonchev–Trinajstić information content (AvgIpc) is 2.57. The summed E-state index contributed by atoms with van der Waals surface area (Å²) in [7, 11) is 0. The summed E-state index contributed by atoms with van der Waals surface area (Å²) in [5.41, 5.74) is 2.08. The Morgan fingerprint density at radius 1 is 1.09 bits per heavy atom. The average molecular weight is 292 g/mol. The van der Waals surface area contributed by atoms with Crippen LogP contribution in [0.25, 0.3) is 0 Å². The third-order valence-electron chi connectivity index (χ3n) is 4.28. The summed E-state index contributed by atoms with van der Waals surface area (Å²) in [6.07, 6.45) is 5.45. The number of amides is 1. The van der Waals surface area contributed by atoms with Gasteiger partial charge in [0.05, 0.1) is 17.8 Å². The predicted octanol–water partition coefficient (Wildman–Crippen LogP) is 3.92. The number of carbonyl (C=O) groups excluding carboxylic acids is 1. The molecule has 0 radical (unpaired) electrons. The zero-order valence-corrected chi connectivity index (χ0v) is 12.9. The summed E-state index contributed by atoms with van der Waals surface area (Å²) in [5.74, 6) is 0.281. The van der Waals surface area contributed by atoms with Gasteiger partial charge in [0.2, 0.25) is 5.91 Å². The summed E-state index contributed by atoms with van der Waals surface area (Å²) in [6.45, 7) is 4.21. The number of benzene rings is 1. The molecule has 0 fully saturated rings. The van der Waals surface area contributed by atoms with E-state index in [1.807, 2.05) is 47.4 Å². The normalized spacial score (nSPS) is 22.6. The molecule has 0 saturated heterocycles. The van der Waals surface area contributed by atoms with Gasteiger partial charge in [0.15, 0.2) is 0 Å².